The van der Waals surface area contributed by atoms with Crippen LogP contribution < -0.4 is 10.9 Å². The van der Waals surface area contributed by atoms with Gasteiger partial charge in [-0.05, 0) is 26.1 Å². The zero-order valence-electron chi connectivity index (χ0n) is 11.0. The SMILES string of the molecule is CNC(C)Cc1nc2c(C(F)(F)F)cccc2c(=O)[nH]1. The maximum Gasteiger partial charge on any atom is 0.418 e. The number of benzene rings is 1. The Bertz CT molecular complexity index is 679. The predicted molar refractivity (Wildman–Crippen MR) is 69.6 cm³/mol. The maximum absolute atomic E-state index is 12.9. The Labute approximate surface area is 113 Å². The molecule has 0 bridgehead atoms. The summed E-state index contributed by atoms with van der Waals surface area (Å²) in [7, 11) is 1.73. The molecule has 7 heteroatoms. The highest BCUT2D eigenvalue weighted by Crippen LogP contribution is 2.32. The molecule has 1 heterocycles. The van der Waals surface area contributed by atoms with Crippen LogP contribution in [0.5, 0.6) is 0 Å². The first-order valence-electron chi connectivity index (χ1n) is 6.09. The molecule has 0 fully saturated rings. The lowest BCUT2D eigenvalue weighted by Crippen LogP contribution is -2.26. The second-order valence-corrected chi connectivity index (χ2v) is 4.61. The van der Waals surface area contributed by atoms with E-state index in [0.29, 0.717) is 6.42 Å². The summed E-state index contributed by atoms with van der Waals surface area (Å²) in [4.78, 5) is 18.4. The summed E-state index contributed by atoms with van der Waals surface area (Å²) in [6, 6.07) is 3.47. The van der Waals surface area contributed by atoms with Crippen molar-refractivity contribution in [2.45, 2.75) is 25.6 Å². The van der Waals surface area contributed by atoms with Gasteiger partial charge < -0.3 is 10.3 Å². The van der Waals surface area contributed by atoms with Crippen molar-refractivity contribution in [2.24, 2.45) is 0 Å². The van der Waals surface area contributed by atoms with Crippen LogP contribution in [0.1, 0.15) is 18.3 Å². The fraction of sp³-hybridized carbons (Fsp3) is 0.385. The van der Waals surface area contributed by atoms with E-state index in [4.69, 9.17) is 0 Å². The third-order valence-electron chi connectivity index (χ3n) is 3.08. The Morgan fingerprint density at radius 3 is 2.70 bits per heavy atom. The molecule has 4 nitrogen and oxygen atoms in total. The van der Waals surface area contributed by atoms with E-state index < -0.39 is 17.3 Å². The molecule has 108 valence electrons. The number of aromatic amines is 1. The molecule has 2 N–H and O–H groups in total. The number of alkyl halides is 3. The number of aromatic nitrogens is 2. The maximum atomic E-state index is 12.9. The number of nitrogens with one attached hydrogen (secondary N) is 2. The lowest BCUT2D eigenvalue weighted by Gasteiger charge is -2.12. The number of rotatable bonds is 3. The van der Waals surface area contributed by atoms with Gasteiger partial charge in [-0.1, -0.05) is 6.07 Å². The predicted octanol–water partition coefficient (Wildman–Crippen LogP) is 2.09. The van der Waals surface area contributed by atoms with Crippen LogP contribution in [0.4, 0.5) is 13.2 Å². The third-order valence-corrected chi connectivity index (χ3v) is 3.08. The molecule has 0 amide bonds. The molecule has 2 rings (SSSR count). The van der Waals surface area contributed by atoms with Gasteiger partial charge in [-0.3, -0.25) is 4.79 Å². The number of hydrogen-bond acceptors (Lipinski definition) is 3. The number of halogens is 3. The topological polar surface area (TPSA) is 57.8 Å². The zero-order valence-corrected chi connectivity index (χ0v) is 11.0. The second kappa shape index (κ2) is 5.24. The monoisotopic (exact) mass is 285 g/mol. The van der Waals surface area contributed by atoms with Gasteiger partial charge in [0.2, 0.25) is 0 Å². The fourth-order valence-corrected chi connectivity index (χ4v) is 1.93. The van der Waals surface area contributed by atoms with Crippen LogP contribution in [0.25, 0.3) is 10.9 Å². The van der Waals surface area contributed by atoms with E-state index in [1.54, 1.807) is 7.05 Å². The average molecular weight is 285 g/mol. The van der Waals surface area contributed by atoms with Crippen molar-refractivity contribution in [3.05, 3.63) is 39.9 Å². The van der Waals surface area contributed by atoms with Crippen molar-refractivity contribution in [2.75, 3.05) is 7.05 Å². The van der Waals surface area contributed by atoms with Gasteiger partial charge in [0.15, 0.2) is 0 Å². The fourth-order valence-electron chi connectivity index (χ4n) is 1.93. The Morgan fingerprint density at radius 2 is 2.10 bits per heavy atom. The molecule has 0 aliphatic rings. The van der Waals surface area contributed by atoms with Crippen molar-refractivity contribution in [3.63, 3.8) is 0 Å². The summed E-state index contributed by atoms with van der Waals surface area (Å²) in [6.07, 6.45) is -4.19. The lowest BCUT2D eigenvalue weighted by atomic mass is 10.1. The highest BCUT2D eigenvalue weighted by Gasteiger charge is 2.33. The molecule has 0 spiro atoms. The molecule has 0 saturated heterocycles. The van der Waals surface area contributed by atoms with Crippen molar-refractivity contribution < 1.29 is 13.2 Å². The van der Waals surface area contributed by atoms with E-state index in [-0.39, 0.29) is 22.8 Å². The third kappa shape index (κ3) is 2.82. The molecule has 1 unspecified atom stereocenters. The van der Waals surface area contributed by atoms with Crippen molar-refractivity contribution >= 4 is 10.9 Å². The smallest absolute Gasteiger partial charge is 0.317 e. The number of fused-ring (bicyclic) bond motifs is 1. The first kappa shape index (κ1) is 14.5. The van der Waals surface area contributed by atoms with Crippen LogP contribution in [-0.2, 0) is 12.6 Å². The molecular weight excluding hydrogens is 271 g/mol. The molecule has 0 aliphatic heterocycles. The summed E-state index contributed by atoms with van der Waals surface area (Å²) in [5.41, 5.74) is -1.75. The number of H-pyrrole nitrogens is 1. The number of likely N-dealkylation sites (N-methyl/N-ethyl adjacent to an activating group) is 1. The van der Waals surface area contributed by atoms with Crippen LogP contribution in [0.3, 0.4) is 0 Å². The van der Waals surface area contributed by atoms with Crippen LogP contribution >= 0.6 is 0 Å². The first-order chi connectivity index (χ1) is 9.32. The second-order valence-electron chi connectivity index (χ2n) is 4.61. The van der Waals surface area contributed by atoms with Gasteiger partial charge in [-0.2, -0.15) is 13.2 Å². The number of hydrogen-bond donors (Lipinski definition) is 2. The molecule has 0 saturated carbocycles. The van der Waals surface area contributed by atoms with Gasteiger partial charge in [0.1, 0.15) is 5.82 Å². The van der Waals surface area contributed by atoms with Gasteiger partial charge in [-0.25, -0.2) is 4.98 Å². The Morgan fingerprint density at radius 1 is 1.40 bits per heavy atom. The molecule has 20 heavy (non-hydrogen) atoms. The lowest BCUT2D eigenvalue weighted by molar-refractivity contribution is -0.136. The molecule has 1 aromatic carbocycles. The Kier molecular flexibility index (Phi) is 3.80. The van der Waals surface area contributed by atoms with Crippen molar-refractivity contribution in [3.8, 4) is 0 Å². The highest BCUT2D eigenvalue weighted by atomic mass is 19.4. The van der Waals surface area contributed by atoms with Gasteiger partial charge in [0.25, 0.3) is 5.56 Å². The Hall–Kier alpha value is -1.89. The van der Waals surface area contributed by atoms with Crippen LogP contribution in [-0.4, -0.2) is 23.1 Å². The van der Waals surface area contributed by atoms with Gasteiger partial charge in [0.05, 0.1) is 16.5 Å². The Balaban J connectivity index is 2.65. The van der Waals surface area contributed by atoms with Gasteiger partial charge >= 0.3 is 6.18 Å². The van der Waals surface area contributed by atoms with E-state index in [0.717, 1.165) is 6.07 Å². The van der Waals surface area contributed by atoms with Crippen LogP contribution in [0.2, 0.25) is 0 Å². The van der Waals surface area contributed by atoms with E-state index in [1.807, 2.05) is 6.92 Å². The molecular formula is C13H14F3N3O. The molecule has 1 aromatic heterocycles. The average Bonchev–Trinajstić information content (AvgIpc) is 2.36. The summed E-state index contributed by atoms with van der Waals surface area (Å²) in [5, 5.41) is 2.89. The van der Waals surface area contributed by atoms with E-state index in [2.05, 4.69) is 15.3 Å². The first-order valence-corrected chi connectivity index (χ1v) is 6.09. The van der Waals surface area contributed by atoms with Crippen molar-refractivity contribution in [1.29, 1.82) is 0 Å². The van der Waals surface area contributed by atoms with Crippen LogP contribution in [0, 0.1) is 0 Å². The minimum Gasteiger partial charge on any atom is -0.317 e. The minimum atomic E-state index is -4.54. The van der Waals surface area contributed by atoms with E-state index in [1.165, 1.54) is 12.1 Å². The summed E-state index contributed by atoms with van der Waals surface area (Å²) < 4.78 is 38.8. The van der Waals surface area contributed by atoms with Gasteiger partial charge in [0, 0.05) is 12.5 Å². The zero-order chi connectivity index (χ0) is 14.9. The molecule has 1 atom stereocenters. The normalized spacial score (nSPS) is 13.7. The standard InChI is InChI=1S/C13H14F3N3O/c1-7(17-2)6-10-18-11-8(12(20)19-10)4-3-5-9(11)13(14,15)16/h3-5,7,17H,6H2,1-2H3,(H,18,19,20). The van der Waals surface area contributed by atoms with Crippen molar-refractivity contribution in [1.82, 2.24) is 15.3 Å². The summed E-state index contributed by atoms with van der Waals surface area (Å²) in [6.45, 7) is 1.85. The van der Waals surface area contributed by atoms with Crippen LogP contribution in [0.15, 0.2) is 23.0 Å². The van der Waals surface area contributed by atoms with E-state index in [9.17, 15) is 18.0 Å². The molecule has 2 aromatic rings. The minimum absolute atomic E-state index is 0.00588. The number of nitrogens with zero attached hydrogens (tertiary/aromatic N) is 1. The van der Waals surface area contributed by atoms with E-state index >= 15 is 0 Å². The van der Waals surface area contributed by atoms with Gasteiger partial charge in [-0.15, -0.1) is 0 Å². The molecule has 0 aliphatic carbocycles. The highest BCUT2D eigenvalue weighted by molar-refractivity contribution is 5.81. The molecule has 0 radical (unpaired) electrons. The summed E-state index contributed by atoms with van der Waals surface area (Å²) in [5.74, 6) is 0.237. The number of para-hydroxylation sites is 1. The largest absolute Gasteiger partial charge is 0.418 e. The summed E-state index contributed by atoms with van der Waals surface area (Å²) >= 11 is 0. The quantitative estimate of drug-likeness (QED) is 0.908.